The van der Waals surface area contributed by atoms with Gasteiger partial charge in [0.1, 0.15) is 0 Å². The molecule has 1 aromatic carbocycles. The molecule has 0 saturated carbocycles. The van der Waals surface area contributed by atoms with Crippen molar-refractivity contribution in [3.05, 3.63) is 35.4 Å². The molecule has 1 atom stereocenters. The highest BCUT2D eigenvalue weighted by atomic mass is 127. The number of hydrogen-bond acceptors (Lipinski definition) is 2. The molecule has 1 fully saturated rings. The first-order valence-corrected chi connectivity index (χ1v) is 9.33. The first kappa shape index (κ1) is 24.0. The summed E-state index contributed by atoms with van der Waals surface area (Å²) in [7, 11) is 0. The van der Waals surface area contributed by atoms with Crippen molar-refractivity contribution in [3.8, 4) is 0 Å². The zero-order valence-electron chi connectivity index (χ0n) is 16.0. The van der Waals surface area contributed by atoms with Crippen molar-refractivity contribution >= 4 is 29.9 Å². The number of alkyl halides is 3. The van der Waals surface area contributed by atoms with Gasteiger partial charge in [-0.05, 0) is 56.5 Å². The van der Waals surface area contributed by atoms with E-state index < -0.39 is 11.7 Å². The lowest BCUT2D eigenvalue weighted by atomic mass is 10.1. The summed E-state index contributed by atoms with van der Waals surface area (Å²) in [6, 6.07) is 5.17. The van der Waals surface area contributed by atoms with Crippen molar-refractivity contribution < 1.29 is 13.2 Å². The number of nitrogens with one attached hydrogen (secondary N) is 2. The second-order valence-electron chi connectivity index (χ2n) is 6.73. The Morgan fingerprint density at radius 1 is 1.19 bits per heavy atom. The molecule has 4 nitrogen and oxygen atoms in total. The largest absolute Gasteiger partial charge is 0.416 e. The van der Waals surface area contributed by atoms with E-state index in [0.29, 0.717) is 18.4 Å². The molecule has 1 aromatic rings. The molecule has 2 rings (SSSR count). The van der Waals surface area contributed by atoms with Gasteiger partial charge in [0.2, 0.25) is 0 Å². The van der Waals surface area contributed by atoms with Crippen molar-refractivity contribution in [3.63, 3.8) is 0 Å². The molecule has 1 saturated heterocycles. The highest BCUT2D eigenvalue weighted by Crippen LogP contribution is 2.29. The summed E-state index contributed by atoms with van der Waals surface area (Å²) in [6.45, 7) is 9.55. The first-order valence-electron chi connectivity index (χ1n) is 9.33. The van der Waals surface area contributed by atoms with Crippen LogP contribution < -0.4 is 10.6 Å². The zero-order chi connectivity index (χ0) is 19.0. The van der Waals surface area contributed by atoms with Crippen molar-refractivity contribution in [2.75, 3.05) is 32.7 Å². The van der Waals surface area contributed by atoms with Crippen molar-refractivity contribution in [1.29, 1.82) is 0 Å². The van der Waals surface area contributed by atoms with E-state index in [9.17, 15) is 13.2 Å². The van der Waals surface area contributed by atoms with E-state index in [1.165, 1.54) is 25.0 Å². The molecule has 27 heavy (non-hydrogen) atoms. The van der Waals surface area contributed by atoms with E-state index >= 15 is 0 Å². The molecule has 1 aliphatic rings. The maximum Gasteiger partial charge on any atom is 0.416 e. The average Bonchev–Trinajstić information content (AvgIpc) is 3.05. The Kier molecular flexibility index (Phi) is 10.4. The second kappa shape index (κ2) is 11.7. The summed E-state index contributed by atoms with van der Waals surface area (Å²) in [5.41, 5.74) is 0.123. The smallest absolute Gasteiger partial charge is 0.357 e. The predicted molar refractivity (Wildman–Crippen MR) is 115 cm³/mol. The van der Waals surface area contributed by atoms with E-state index in [-0.39, 0.29) is 24.0 Å². The van der Waals surface area contributed by atoms with Crippen LogP contribution in [0.4, 0.5) is 13.2 Å². The topological polar surface area (TPSA) is 39.7 Å². The summed E-state index contributed by atoms with van der Waals surface area (Å²) in [5, 5.41) is 6.56. The molecule has 0 radical (unpaired) electrons. The Morgan fingerprint density at radius 2 is 1.89 bits per heavy atom. The fourth-order valence-corrected chi connectivity index (χ4v) is 3.15. The summed E-state index contributed by atoms with van der Waals surface area (Å²) in [6.07, 6.45) is -1.94. The third-order valence-corrected chi connectivity index (χ3v) is 4.51. The van der Waals surface area contributed by atoms with Crippen LogP contribution in [0, 0.1) is 5.92 Å². The third kappa shape index (κ3) is 8.25. The first-order chi connectivity index (χ1) is 12.4. The molecule has 0 bridgehead atoms. The maximum absolute atomic E-state index is 12.6. The number of likely N-dealkylation sites (tertiary alicyclic amines) is 1. The van der Waals surface area contributed by atoms with Crippen LogP contribution in [0.25, 0.3) is 0 Å². The van der Waals surface area contributed by atoms with E-state index in [0.717, 1.165) is 50.4 Å². The van der Waals surface area contributed by atoms with Crippen LogP contribution in [-0.2, 0) is 12.7 Å². The number of nitrogens with zero attached hydrogens (tertiary/aromatic N) is 2. The summed E-state index contributed by atoms with van der Waals surface area (Å²) in [5.74, 6) is 1.32. The standard InChI is InChI=1S/C19H29F3N4.HI/c1-3-10-26-11-9-16(14-26)13-25-18(23-4-2)24-12-15-5-7-17(8-6-15)19(20,21)22;/h5-8,16H,3-4,9-14H2,1-2H3,(H2,23,24,25);1H. The van der Waals surface area contributed by atoms with Gasteiger partial charge in [0.15, 0.2) is 5.96 Å². The van der Waals surface area contributed by atoms with Gasteiger partial charge in [-0.1, -0.05) is 19.1 Å². The number of aliphatic imine (C=N–C) groups is 1. The van der Waals surface area contributed by atoms with Crippen LogP contribution in [-0.4, -0.2) is 43.6 Å². The molecular formula is C19H30F3IN4. The van der Waals surface area contributed by atoms with Gasteiger partial charge >= 0.3 is 6.18 Å². The molecule has 8 heteroatoms. The average molecular weight is 498 g/mol. The molecule has 154 valence electrons. The Bertz CT molecular complexity index is 575. The van der Waals surface area contributed by atoms with Gasteiger partial charge in [0, 0.05) is 19.6 Å². The van der Waals surface area contributed by atoms with Gasteiger partial charge in [-0.3, -0.25) is 0 Å². The third-order valence-electron chi connectivity index (χ3n) is 4.51. The molecular weight excluding hydrogens is 468 g/mol. The van der Waals surface area contributed by atoms with Crippen LogP contribution >= 0.6 is 24.0 Å². The zero-order valence-corrected chi connectivity index (χ0v) is 18.3. The van der Waals surface area contributed by atoms with Crippen LogP contribution in [0.2, 0.25) is 0 Å². The van der Waals surface area contributed by atoms with Crippen molar-refractivity contribution in [1.82, 2.24) is 15.5 Å². The molecule has 0 aromatic heterocycles. The second-order valence-corrected chi connectivity index (χ2v) is 6.73. The highest BCUT2D eigenvalue weighted by Gasteiger charge is 2.29. The van der Waals surface area contributed by atoms with Crippen LogP contribution in [0.3, 0.4) is 0 Å². The van der Waals surface area contributed by atoms with Crippen LogP contribution in [0.15, 0.2) is 29.3 Å². The molecule has 1 heterocycles. The summed E-state index contributed by atoms with van der Waals surface area (Å²) in [4.78, 5) is 6.98. The molecule has 1 aliphatic heterocycles. The fraction of sp³-hybridized carbons (Fsp3) is 0.632. The van der Waals surface area contributed by atoms with E-state index in [1.54, 1.807) is 0 Å². The van der Waals surface area contributed by atoms with Gasteiger partial charge < -0.3 is 15.5 Å². The minimum atomic E-state index is -4.30. The van der Waals surface area contributed by atoms with Crippen LogP contribution in [0.1, 0.15) is 37.8 Å². The molecule has 2 N–H and O–H groups in total. The number of guanidine groups is 1. The quantitative estimate of drug-likeness (QED) is 0.338. The Morgan fingerprint density at radius 3 is 2.48 bits per heavy atom. The van der Waals surface area contributed by atoms with E-state index in [2.05, 4.69) is 27.4 Å². The molecule has 0 aliphatic carbocycles. The molecule has 0 spiro atoms. The minimum Gasteiger partial charge on any atom is -0.357 e. The predicted octanol–water partition coefficient (Wildman–Crippen LogP) is 4.11. The van der Waals surface area contributed by atoms with Crippen molar-refractivity contribution in [2.45, 2.75) is 39.4 Å². The minimum absolute atomic E-state index is 0. The van der Waals surface area contributed by atoms with Gasteiger partial charge in [0.05, 0.1) is 12.1 Å². The van der Waals surface area contributed by atoms with Gasteiger partial charge in [-0.15, -0.1) is 24.0 Å². The summed E-state index contributed by atoms with van der Waals surface area (Å²) >= 11 is 0. The van der Waals surface area contributed by atoms with Gasteiger partial charge in [-0.25, -0.2) is 4.99 Å². The molecule has 0 amide bonds. The van der Waals surface area contributed by atoms with E-state index in [1.807, 2.05) is 6.92 Å². The van der Waals surface area contributed by atoms with Crippen molar-refractivity contribution in [2.24, 2.45) is 10.9 Å². The Hall–Kier alpha value is -1.03. The number of rotatable bonds is 7. The van der Waals surface area contributed by atoms with E-state index in [4.69, 9.17) is 0 Å². The number of benzene rings is 1. The Balaban J connectivity index is 0.00000364. The summed E-state index contributed by atoms with van der Waals surface area (Å²) < 4.78 is 37.8. The lowest BCUT2D eigenvalue weighted by Crippen LogP contribution is -2.40. The van der Waals surface area contributed by atoms with Gasteiger partial charge in [0.25, 0.3) is 0 Å². The number of hydrogen-bond donors (Lipinski definition) is 2. The van der Waals surface area contributed by atoms with Gasteiger partial charge in [-0.2, -0.15) is 13.2 Å². The normalized spacial score (nSPS) is 18.3. The highest BCUT2D eigenvalue weighted by molar-refractivity contribution is 14.0. The Labute approximate surface area is 177 Å². The SMILES string of the molecule is CCCN1CCC(CNC(=NCc2ccc(C(F)(F)F)cc2)NCC)C1.I. The fourth-order valence-electron chi connectivity index (χ4n) is 3.15. The maximum atomic E-state index is 12.6. The lowest BCUT2D eigenvalue weighted by molar-refractivity contribution is -0.137. The lowest BCUT2D eigenvalue weighted by Gasteiger charge is -2.17. The van der Waals surface area contributed by atoms with Crippen LogP contribution in [0.5, 0.6) is 0 Å². The molecule has 1 unspecified atom stereocenters. The monoisotopic (exact) mass is 498 g/mol. The number of halogens is 4.